The molecule has 0 radical (unpaired) electrons. The predicted octanol–water partition coefficient (Wildman–Crippen LogP) is 2.13. The van der Waals surface area contributed by atoms with E-state index < -0.39 is 32.2 Å². The fraction of sp³-hybridized carbons (Fsp3) is 0.333. The van der Waals surface area contributed by atoms with E-state index in [9.17, 15) is 17.2 Å². The molecule has 1 rings (SSSR count). The minimum Gasteiger partial charge on any atom is -0.394 e. The Morgan fingerprint density at radius 2 is 2.00 bits per heavy atom. The van der Waals surface area contributed by atoms with Crippen molar-refractivity contribution in [3.8, 4) is 0 Å². The second kappa shape index (κ2) is 5.66. The Balaban J connectivity index is 3.34. The summed E-state index contributed by atoms with van der Waals surface area (Å²) in [5, 5.41) is 0. The molecule has 0 spiro atoms. The number of anilines is 1. The second-order valence-electron chi connectivity index (χ2n) is 4.16. The second-order valence-corrected chi connectivity index (χ2v) is 6.07. The molecule has 7 heteroatoms. The van der Waals surface area contributed by atoms with Crippen LogP contribution in [0.15, 0.2) is 29.2 Å². The van der Waals surface area contributed by atoms with Gasteiger partial charge in [0.05, 0.1) is 0 Å². The first-order valence-electron chi connectivity index (χ1n) is 5.59. The monoisotopic (exact) mass is 290 g/mol. The standard InChI is InChI=1S/C12H16F2N2O2S/c1-4-16(7-8(2)3)19(17,18)10-6-5-9(13)12(15)11(10)14/h5-6H,2,4,7,15H2,1,3H3. The Hall–Kier alpha value is -1.47. The lowest BCUT2D eigenvalue weighted by Gasteiger charge is -2.21. The topological polar surface area (TPSA) is 63.4 Å². The van der Waals surface area contributed by atoms with Gasteiger partial charge in [-0.05, 0) is 19.1 Å². The molecule has 1 aromatic rings. The Kier molecular flexibility index (Phi) is 4.65. The Labute approximate surface area is 111 Å². The SMILES string of the molecule is C=C(C)CN(CC)S(=O)(=O)c1ccc(F)c(N)c1F. The lowest BCUT2D eigenvalue weighted by atomic mass is 10.3. The highest BCUT2D eigenvalue weighted by Crippen LogP contribution is 2.25. The van der Waals surface area contributed by atoms with Crippen molar-refractivity contribution in [3.05, 3.63) is 35.9 Å². The van der Waals surface area contributed by atoms with Gasteiger partial charge in [0.15, 0.2) is 5.82 Å². The summed E-state index contributed by atoms with van der Waals surface area (Å²) in [6, 6.07) is 1.71. The van der Waals surface area contributed by atoms with E-state index in [4.69, 9.17) is 5.73 Å². The summed E-state index contributed by atoms with van der Waals surface area (Å²) in [5.41, 5.74) is 4.98. The number of rotatable bonds is 5. The minimum absolute atomic E-state index is 0.0650. The first kappa shape index (κ1) is 15.6. The van der Waals surface area contributed by atoms with Gasteiger partial charge in [-0.2, -0.15) is 4.31 Å². The van der Waals surface area contributed by atoms with Crippen molar-refractivity contribution < 1.29 is 17.2 Å². The zero-order valence-electron chi connectivity index (χ0n) is 10.8. The molecule has 0 saturated heterocycles. The molecule has 4 nitrogen and oxygen atoms in total. The van der Waals surface area contributed by atoms with Gasteiger partial charge >= 0.3 is 0 Å². The zero-order chi connectivity index (χ0) is 14.8. The van der Waals surface area contributed by atoms with Gasteiger partial charge < -0.3 is 5.73 Å². The third-order valence-corrected chi connectivity index (χ3v) is 4.45. The van der Waals surface area contributed by atoms with Crippen LogP contribution >= 0.6 is 0 Å². The summed E-state index contributed by atoms with van der Waals surface area (Å²) in [6.45, 7) is 7.11. The third kappa shape index (κ3) is 3.10. The van der Waals surface area contributed by atoms with E-state index in [1.54, 1.807) is 13.8 Å². The van der Waals surface area contributed by atoms with Crippen LogP contribution in [0.5, 0.6) is 0 Å². The number of nitrogens with two attached hydrogens (primary N) is 1. The minimum atomic E-state index is -4.07. The number of benzene rings is 1. The van der Waals surface area contributed by atoms with Gasteiger partial charge in [0, 0.05) is 13.1 Å². The highest BCUT2D eigenvalue weighted by Gasteiger charge is 2.28. The summed E-state index contributed by atoms with van der Waals surface area (Å²) in [4.78, 5) is -0.630. The fourth-order valence-electron chi connectivity index (χ4n) is 1.56. The summed E-state index contributed by atoms with van der Waals surface area (Å²) >= 11 is 0. The molecular formula is C12H16F2N2O2S. The average Bonchev–Trinajstić information content (AvgIpc) is 2.32. The van der Waals surface area contributed by atoms with Crippen molar-refractivity contribution in [1.82, 2.24) is 4.31 Å². The number of hydrogen-bond donors (Lipinski definition) is 1. The van der Waals surface area contributed by atoms with Gasteiger partial charge in [-0.15, -0.1) is 0 Å². The highest BCUT2D eigenvalue weighted by molar-refractivity contribution is 7.89. The zero-order valence-corrected chi connectivity index (χ0v) is 11.6. The van der Waals surface area contributed by atoms with Crippen molar-refractivity contribution in [2.24, 2.45) is 0 Å². The molecule has 106 valence electrons. The van der Waals surface area contributed by atoms with Crippen LogP contribution in [0.4, 0.5) is 14.5 Å². The third-order valence-electron chi connectivity index (χ3n) is 2.51. The fourth-order valence-corrected chi connectivity index (χ4v) is 3.14. The lowest BCUT2D eigenvalue weighted by molar-refractivity contribution is 0.446. The largest absolute Gasteiger partial charge is 0.394 e. The molecule has 0 amide bonds. The van der Waals surface area contributed by atoms with E-state index in [0.29, 0.717) is 5.57 Å². The van der Waals surface area contributed by atoms with E-state index in [1.165, 1.54) is 0 Å². The van der Waals surface area contributed by atoms with Crippen molar-refractivity contribution in [3.63, 3.8) is 0 Å². The Morgan fingerprint density at radius 1 is 1.42 bits per heavy atom. The van der Waals surface area contributed by atoms with Crippen LogP contribution in [-0.2, 0) is 10.0 Å². The van der Waals surface area contributed by atoms with Gasteiger partial charge in [0.2, 0.25) is 10.0 Å². The molecule has 0 atom stereocenters. The highest BCUT2D eigenvalue weighted by atomic mass is 32.2. The molecule has 0 aliphatic heterocycles. The van der Waals surface area contributed by atoms with Crippen LogP contribution in [0.25, 0.3) is 0 Å². The van der Waals surface area contributed by atoms with Crippen molar-refractivity contribution >= 4 is 15.7 Å². The predicted molar refractivity (Wildman–Crippen MR) is 70.0 cm³/mol. The quantitative estimate of drug-likeness (QED) is 0.667. The maximum Gasteiger partial charge on any atom is 0.246 e. The summed E-state index contributed by atoms with van der Waals surface area (Å²) < 4.78 is 52.4. The Morgan fingerprint density at radius 3 is 2.47 bits per heavy atom. The molecule has 0 aliphatic carbocycles. The molecule has 0 heterocycles. The molecule has 0 aliphatic rings. The van der Waals surface area contributed by atoms with Gasteiger partial charge in [-0.25, -0.2) is 17.2 Å². The summed E-state index contributed by atoms with van der Waals surface area (Å²) in [7, 11) is -4.07. The van der Waals surface area contributed by atoms with Crippen LogP contribution in [0.1, 0.15) is 13.8 Å². The number of halogens is 2. The number of hydrogen-bond acceptors (Lipinski definition) is 3. The Bertz CT molecular complexity index is 600. The molecule has 0 bridgehead atoms. The maximum absolute atomic E-state index is 13.8. The van der Waals surface area contributed by atoms with E-state index >= 15 is 0 Å². The smallest absolute Gasteiger partial charge is 0.246 e. The maximum atomic E-state index is 13.8. The van der Waals surface area contributed by atoms with Gasteiger partial charge in [0.1, 0.15) is 16.4 Å². The van der Waals surface area contributed by atoms with Crippen molar-refractivity contribution in [2.45, 2.75) is 18.7 Å². The van der Waals surface area contributed by atoms with Gasteiger partial charge in [0.25, 0.3) is 0 Å². The van der Waals surface area contributed by atoms with Crippen LogP contribution < -0.4 is 5.73 Å². The molecule has 1 aromatic carbocycles. The van der Waals surface area contributed by atoms with Crippen LogP contribution in [0.3, 0.4) is 0 Å². The number of sulfonamides is 1. The first-order chi connectivity index (χ1) is 8.71. The number of nitrogens with zero attached hydrogens (tertiary/aromatic N) is 1. The first-order valence-corrected chi connectivity index (χ1v) is 7.03. The van der Waals surface area contributed by atoms with E-state index in [0.717, 1.165) is 16.4 Å². The van der Waals surface area contributed by atoms with Crippen LogP contribution in [0.2, 0.25) is 0 Å². The number of likely N-dealkylation sites (N-methyl/N-ethyl adjacent to an activating group) is 1. The molecular weight excluding hydrogens is 274 g/mol. The van der Waals surface area contributed by atoms with Crippen LogP contribution in [-0.4, -0.2) is 25.8 Å². The summed E-state index contributed by atoms with van der Waals surface area (Å²) in [6.07, 6.45) is 0. The normalized spacial score (nSPS) is 11.8. The van der Waals surface area contributed by atoms with E-state index in [2.05, 4.69) is 6.58 Å². The molecule has 0 saturated carbocycles. The summed E-state index contributed by atoms with van der Waals surface area (Å²) in [5.74, 6) is -2.25. The molecule has 0 fully saturated rings. The van der Waals surface area contributed by atoms with E-state index in [-0.39, 0.29) is 13.1 Å². The molecule has 2 N–H and O–H groups in total. The van der Waals surface area contributed by atoms with Gasteiger partial charge in [-0.1, -0.05) is 19.1 Å². The van der Waals surface area contributed by atoms with E-state index in [1.807, 2.05) is 0 Å². The van der Waals surface area contributed by atoms with Gasteiger partial charge in [-0.3, -0.25) is 0 Å². The van der Waals surface area contributed by atoms with Crippen molar-refractivity contribution in [1.29, 1.82) is 0 Å². The average molecular weight is 290 g/mol. The lowest BCUT2D eigenvalue weighted by Crippen LogP contribution is -2.33. The number of nitrogen functional groups attached to an aromatic ring is 1. The van der Waals surface area contributed by atoms with Crippen molar-refractivity contribution in [2.75, 3.05) is 18.8 Å². The molecule has 0 aromatic heterocycles. The molecule has 19 heavy (non-hydrogen) atoms. The molecule has 0 unspecified atom stereocenters. The van der Waals surface area contributed by atoms with Crippen LogP contribution in [0, 0.1) is 11.6 Å².